The Bertz CT molecular complexity index is 219. The quantitative estimate of drug-likeness (QED) is 0.692. The number of nitrogens with zero attached hydrogens (tertiary/aromatic N) is 1. The number of ether oxygens (including phenoxy) is 1. The minimum atomic E-state index is -4.94. The van der Waals surface area contributed by atoms with Crippen molar-refractivity contribution in [3.8, 4) is 0 Å². The highest BCUT2D eigenvalue weighted by molar-refractivity contribution is 5.75. The van der Waals surface area contributed by atoms with Gasteiger partial charge in [-0.25, -0.2) is 4.79 Å². The van der Waals surface area contributed by atoms with Crippen molar-refractivity contribution in [1.82, 2.24) is 5.06 Å². The maximum atomic E-state index is 11.8. The minimum Gasteiger partial charge on any atom is -0.383 e. The molecule has 0 aliphatic carbocycles. The average Bonchev–Trinajstić information content (AvgIpc) is 2.06. The van der Waals surface area contributed by atoms with E-state index < -0.39 is 12.1 Å². The number of methoxy groups -OCH3 is 1. The lowest BCUT2D eigenvalue weighted by molar-refractivity contribution is -0.267. The van der Waals surface area contributed by atoms with Gasteiger partial charge >= 0.3 is 12.1 Å². The lowest BCUT2D eigenvalue weighted by Crippen LogP contribution is -2.52. The molecule has 7 heteroatoms. The molecule has 0 unspecified atom stereocenters. The molecule has 1 aliphatic heterocycles. The summed E-state index contributed by atoms with van der Waals surface area (Å²) in [7, 11) is 1.43. The van der Waals surface area contributed by atoms with Crippen molar-refractivity contribution in [2.45, 2.75) is 18.6 Å². The molecule has 1 fully saturated rings. The maximum Gasteiger partial charge on any atom is 0.492 e. The van der Waals surface area contributed by atoms with Crippen LogP contribution in [0.15, 0.2) is 0 Å². The van der Waals surface area contributed by atoms with E-state index in [9.17, 15) is 18.0 Å². The summed E-state index contributed by atoms with van der Waals surface area (Å²) in [4.78, 5) is 14.5. The third kappa shape index (κ3) is 2.58. The zero-order valence-electron chi connectivity index (χ0n) is 7.50. The molecule has 0 aromatic rings. The molecule has 0 spiro atoms. The van der Waals surface area contributed by atoms with Crippen LogP contribution in [-0.2, 0) is 14.4 Å². The molecule has 14 heavy (non-hydrogen) atoms. The molecule has 4 nitrogen and oxygen atoms in total. The molecular weight excluding hydrogens is 203 g/mol. The van der Waals surface area contributed by atoms with Crippen LogP contribution in [0.1, 0.15) is 6.42 Å². The standard InChI is InChI=1S/C7H10F3NO3/c1-13-4-5-2-3-11(5)14-6(12)7(8,9)10/h5H,2-4H2,1H3/t5-/m0/s1. The first kappa shape index (κ1) is 11.3. The number of halogens is 3. The van der Waals surface area contributed by atoms with Gasteiger partial charge in [-0.05, 0) is 6.42 Å². The van der Waals surface area contributed by atoms with Crippen molar-refractivity contribution in [1.29, 1.82) is 0 Å². The smallest absolute Gasteiger partial charge is 0.383 e. The summed E-state index contributed by atoms with van der Waals surface area (Å²) in [6.45, 7) is 0.570. The molecule has 0 radical (unpaired) electrons. The predicted molar refractivity (Wildman–Crippen MR) is 39.1 cm³/mol. The molecule has 0 aromatic heterocycles. The molecule has 1 rings (SSSR count). The van der Waals surface area contributed by atoms with Gasteiger partial charge in [0.2, 0.25) is 0 Å². The van der Waals surface area contributed by atoms with E-state index in [0.717, 1.165) is 5.06 Å². The lowest BCUT2D eigenvalue weighted by Gasteiger charge is -2.37. The fraction of sp³-hybridized carbons (Fsp3) is 0.857. The molecule has 0 amide bonds. The van der Waals surface area contributed by atoms with E-state index in [-0.39, 0.29) is 12.6 Å². The molecule has 0 aromatic carbocycles. The van der Waals surface area contributed by atoms with Crippen molar-refractivity contribution < 1.29 is 27.5 Å². The van der Waals surface area contributed by atoms with E-state index >= 15 is 0 Å². The molecule has 1 atom stereocenters. The number of hydroxylamine groups is 2. The van der Waals surface area contributed by atoms with Gasteiger partial charge in [0.25, 0.3) is 0 Å². The SMILES string of the molecule is COC[C@@H]1CCN1OC(=O)C(F)(F)F. The third-order valence-electron chi connectivity index (χ3n) is 1.88. The van der Waals surface area contributed by atoms with Gasteiger partial charge in [0, 0.05) is 13.7 Å². The number of carbonyl (C=O) groups excluding carboxylic acids is 1. The zero-order chi connectivity index (χ0) is 10.8. The van der Waals surface area contributed by atoms with Crippen LogP contribution >= 0.6 is 0 Å². The topological polar surface area (TPSA) is 38.8 Å². The summed E-state index contributed by atoms with van der Waals surface area (Å²) in [5.74, 6) is -2.18. The van der Waals surface area contributed by atoms with Crippen LogP contribution in [0.3, 0.4) is 0 Å². The molecule has 0 bridgehead atoms. The number of hydrogen-bond donors (Lipinski definition) is 0. The Labute approximate surface area is 78.5 Å². The number of carbonyl (C=O) groups is 1. The second kappa shape index (κ2) is 4.14. The molecule has 1 heterocycles. The summed E-state index contributed by atoms with van der Waals surface area (Å²) in [5, 5.41) is 0.985. The fourth-order valence-corrected chi connectivity index (χ4v) is 1.05. The van der Waals surface area contributed by atoms with Crippen LogP contribution in [-0.4, -0.2) is 43.5 Å². The Morgan fingerprint density at radius 3 is 2.57 bits per heavy atom. The first-order chi connectivity index (χ1) is 6.45. The van der Waals surface area contributed by atoms with Gasteiger partial charge in [0.05, 0.1) is 12.6 Å². The first-order valence-electron chi connectivity index (χ1n) is 4.00. The van der Waals surface area contributed by atoms with Crippen LogP contribution in [0, 0.1) is 0 Å². The van der Waals surface area contributed by atoms with Crippen LogP contribution in [0.5, 0.6) is 0 Å². The van der Waals surface area contributed by atoms with Crippen LogP contribution in [0.4, 0.5) is 13.2 Å². The van der Waals surface area contributed by atoms with Gasteiger partial charge in [0.15, 0.2) is 0 Å². The molecule has 0 saturated carbocycles. The highest BCUT2D eigenvalue weighted by Crippen LogP contribution is 2.23. The fourth-order valence-electron chi connectivity index (χ4n) is 1.05. The number of alkyl halides is 3. The van der Waals surface area contributed by atoms with Gasteiger partial charge in [-0.3, -0.25) is 0 Å². The van der Waals surface area contributed by atoms with Crippen molar-refractivity contribution in [3.05, 3.63) is 0 Å². The van der Waals surface area contributed by atoms with Crippen molar-refractivity contribution in [2.75, 3.05) is 20.3 Å². The van der Waals surface area contributed by atoms with Crippen LogP contribution in [0.2, 0.25) is 0 Å². The van der Waals surface area contributed by atoms with E-state index in [4.69, 9.17) is 4.74 Å². The molecule has 1 aliphatic rings. The normalized spacial score (nSPS) is 23.0. The third-order valence-corrected chi connectivity index (χ3v) is 1.88. The molecule has 82 valence electrons. The summed E-state index contributed by atoms with van der Waals surface area (Å²) in [6, 6.07) is -0.258. The molecule has 1 saturated heterocycles. The minimum absolute atomic E-state index is 0.255. The van der Waals surface area contributed by atoms with Gasteiger partial charge in [0.1, 0.15) is 0 Å². The number of rotatable bonds is 3. The maximum absolute atomic E-state index is 11.8. The monoisotopic (exact) mass is 213 g/mol. The summed E-state index contributed by atoms with van der Waals surface area (Å²) in [5.41, 5.74) is 0. The van der Waals surface area contributed by atoms with Crippen molar-refractivity contribution >= 4 is 5.97 Å². The first-order valence-corrected chi connectivity index (χ1v) is 4.00. The van der Waals surface area contributed by atoms with E-state index in [1.807, 2.05) is 0 Å². The van der Waals surface area contributed by atoms with Crippen molar-refractivity contribution in [2.24, 2.45) is 0 Å². The van der Waals surface area contributed by atoms with E-state index in [1.54, 1.807) is 0 Å². The second-order valence-electron chi connectivity index (χ2n) is 2.92. The second-order valence-corrected chi connectivity index (χ2v) is 2.92. The van der Waals surface area contributed by atoms with E-state index in [0.29, 0.717) is 13.0 Å². The van der Waals surface area contributed by atoms with Gasteiger partial charge in [-0.15, -0.1) is 5.06 Å². The highest BCUT2D eigenvalue weighted by Gasteiger charge is 2.44. The highest BCUT2D eigenvalue weighted by atomic mass is 19.4. The summed E-state index contributed by atoms with van der Waals surface area (Å²) < 4.78 is 40.0. The summed E-state index contributed by atoms with van der Waals surface area (Å²) in [6.07, 6.45) is -4.27. The predicted octanol–water partition coefficient (Wildman–Crippen LogP) is 0.728. The zero-order valence-corrected chi connectivity index (χ0v) is 7.50. The number of hydrogen-bond acceptors (Lipinski definition) is 4. The Hall–Kier alpha value is -0.820. The average molecular weight is 213 g/mol. The summed E-state index contributed by atoms with van der Waals surface area (Å²) >= 11 is 0. The van der Waals surface area contributed by atoms with Crippen LogP contribution < -0.4 is 0 Å². The Morgan fingerprint density at radius 2 is 2.21 bits per heavy atom. The lowest BCUT2D eigenvalue weighted by atomic mass is 10.1. The van der Waals surface area contributed by atoms with Gasteiger partial charge < -0.3 is 9.57 Å². The molecular formula is C7H10F3NO3. The van der Waals surface area contributed by atoms with Gasteiger partial charge in [-0.2, -0.15) is 13.2 Å². The van der Waals surface area contributed by atoms with Crippen LogP contribution in [0.25, 0.3) is 0 Å². The largest absolute Gasteiger partial charge is 0.492 e. The van der Waals surface area contributed by atoms with Gasteiger partial charge in [-0.1, -0.05) is 0 Å². The Morgan fingerprint density at radius 1 is 1.57 bits per heavy atom. The molecule has 0 N–H and O–H groups in total. The van der Waals surface area contributed by atoms with E-state index in [2.05, 4.69) is 4.84 Å². The van der Waals surface area contributed by atoms with Crippen molar-refractivity contribution in [3.63, 3.8) is 0 Å². The Kier molecular flexibility index (Phi) is 3.33. The Balaban J connectivity index is 2.35. The van der Waals surface area contributed by atoms with E-state index in [1.165, 1.54) is 7.11 Å².